The van der Waals surface area contributed by atoms with Crippen molar-refractivity contribution in [1.82, 2.24) is 61.1 Å². The highest BCUT2D eigenvalue weighted by atomic mass is 16.2. The molecule has 2 aliphatic heterocycles. The minimum atomic E-state index is -0.260. The maximum absolute atomic E-state index is 14.0. The van der Waals surface area contributed by atoms with Crippen LogP contribution in [0.25, 0.3) is 114 Å². The molecule has 6 N–H and O–H groups in total. The summed E-state index contributed by atoms with van der Waals surface area (Å²) in [7, 11) is 0. The highest BCUT2D eigenvalue weighted by molar-refractivity contribution is 6.18. The first kappa shape index (κ1) is 67.0. The van der Waals surface area contributed by atoms with Gasteiger partial charge in [0.2, 0.25) is 11.8 Å². The fourth-order valence-corrected chi connectivity index (χ4v) is 14.3. The smallest absolute Gasteiger partial charge is 0.251 e. The number of nitrogens with zero attached hydrogens (tertiary/aromatic N) is 6. The topological polar surface area (TPSA) is 294 Å². The van der Waals surface area contributed by atoms with Gasteiger partial charge in [0.15, 0.2) is 23.1 Å². The minimum absolute atomic E-state index is 0.0713. The number of aromatic nitrogens is 8. The lowest BCUT2D eigenvalue weighted by molar-refractivity contribution is -0.123. The number of pyridine rings is 4. The third-order valence-electron chi connectivity index (χ3n) is 19.6. The molecule has 2 saturated carbocycles. The molecule has 0 unspecified atom stereocenters. The summed E-state index contributed by atoms with van der Waals surface area (Å²) in [5, 5.41) is 12.6. The molecule has 15 rings (SSSR count). The molecule has 9 aromatic rings. The summed E-state index contributed by atoms with van der Waals surface area (Å²) in [6.45, 7) is 0. The molecular formula is C84H70N12O8. The summed E-state index contributed by atoms with van der Waals surface area (Å²) in [5.41, 5.74) is 15.5. The van der Waals surface area contributed by atoms with Gasteiger partial charge in [-0.2, -0.15) is 0 Å². The number of nitrogens with one attached hydrogen (secondary N) is 6. The zero-order valence-corrected chi connectivity index (χ0v) is 56.5. The number of ketones is 4. The Kier molecular flexibility index (Phi) is 19.2. The molecule has 9 heterocycles. The highest BCUT2D eigenvalue weighted by Gasteiger charge is 2.29. The monoisotopic (exact) mass is 1370 g/mol. The molecule has 7 aromatic heterocycles. The molecule has 0 radical (unpaired) electrons. The number of hydrogen-bond donors (Lipinski definition) is 6. The molecule has 2 aromatic carbocycles. The Balaban J connectivity index is 0.722. The van der Waals surface area contributed by atoms with E-state index in [2.05, 4.69) is 55.5 Å². The van der Waals surface area contributed by atoms with E-state index in [0.717, 1.165) is 55.4 Å². The van der Waals surface area contributed by atoms with Gasteiger partial charge in [-0.15, -0.1) is 0 Å². The van der Waals surface area contributed by atoms with E-state index in [1.54, 1.807) is 36.7 Å². The number of H-pyrrole nitrogens is 2. The molecule has 20 nitrogen and oxygen atoms in total. The van der Waals surface area contributed by atoms with Gasteiger partial charge in [0, 0.05) is 105 Å². The Morgan fingerprint density at radius 3 is 1.11 bits per heavy atom. The van der Waals surface area contributed by atoms with Gasteiger partial charge >= 0.3 is 0 Å². The predicted octanol–water partition coefficient (Wildman–Crippen LogP) is 13.4. The molecule has 0 saturated heterocycles. The number of amides is 4. The largest absolute Gasteiger partial charge is 0.354 e. The summed E-state index contributed by atoms with van der Waals surface area (Å²) in [4.78, 5) is 140. The molecule has 8 bridgehead atoms. The molecule has 4 aliphatic carbocycles. The first-order valence-electron chi connectivity index (χ1n) is 35.0. The number of aromatic amines is 2. The van der Waals surface area contributed by atoms with Crippen LogP contribution in [0.3, 0.4) is 0 Å². The van der Waals surface area contributed by atoms with Gasteiger partial charge in [0.05, 0.1) is 68.0 Å². The summed E-state index contributed by atoms with van der Waals surface area (Å²) in [6.07, 6.45) is 24.7. The summed E-state index contributed by atoms with van der Waals surface area (Å²) in [5.74, 6) is -1.89. The number of benzene rings is 2. The van der Waals surface area contributed by atoms with Crippen molar-refractivity contribution in [2.75, 3.05) is 0 Å². The molecule has 6 aliphatic rings. The fourth-order valence-electron chi connectivity index (χ4n) is 14.3. The van der Waals surface area contributed by atoms with Crippen molar-refractivity contribution in [2.45, 2.75) is 101 Å². The van der Waals surface area contributed by atoms with E-state index in [1.165, 1.54) is 36.5 Å². The number of hydrogen-bond acceptors (Lipinski definition) is 14. The number of allylic oxidation sites excluding steroid dienone is 8. The van der Waals surface area contributed by atoms with Gasteiger partial charge in [0.25, 0.3) is 11.8 Å². The molecular weight excluding hydrogens is 1300 g/mol. The van der Waals surface area contributed by atoms with Crippen LogP contribution in [0.2, 0.25) is 0 Å². The van der Waals surface area contributed by atoms with Crippen LogP contribution < -0.4 is 21.3 Å². The van der Waals surface area contributed by atoms with E-state index in [4.69, 9.17) is 29.9 Å². The van der Waals surface area contributed by atoms with Gasteiger partial charge in [0.1, 0.15) is 0 Å². The van der Waals surface area contributed by atoms with Crippen molar-refractivity contribution < 1.29 is 38.4 Å². The lowest BCUT2D eigenvalue weighted by Crippen LogP contribution is -2.43. The van der Waals surface area contributed by atoms with E-state index in [-0.39, 0.29) is 96.6 Å². The van der Waals surface area contributed by atoms with Crippen LogP contribution in [0.5, 0.6) is 0 Å². The highest BCUT2D eigenvalue weighted by Crippen LogP contribution is 2.39. The van der Waals surface area contributed by atoms with Crippen molar-refractivity contribution in [2.24, 2.45) is 0 Å². The molecule has 0 spiro atoms. The fraction of sp³-hybridized carbons (Fsp3) is 0.190. The summed E-state index contributed by atoms with van der Waals surface area (Å²) < 4.78 is 0. The van der Waals surface area contributed by atoms with Crippen LogP contribution in [0, 0.1) is 0 Å². The maximum Gasteiger partial charge on any atom is 0.251 e. The third-order valence-corrected chi connectivity index (χ3v) is 19.6. The van der Waals surface area contributed by atoms with Gasteiger partial charge in [-0.05, 0) is 209 Å². The summed E-state index contributed by atoms with van der Waals surface area (Å²) >= 11 is 0. The zero-order chi connectivity index (χ0) is 71.2. The van der Waals surface area contributed by atoms with Gasteiger partial charge in [-0.25, -0.2) is 19.9 Å². The lowest BCUT2D eigenvalue weighted by Gasteiger charge is -2.29. The molecule has 4 amide bonds. The van der Waals surface area contributed by atoms with Gasteiger partial charge < -0.3 is 31.2 Å². The zero-order valence-electron chi connectivity index (χ0n) is 56.5. The quantitative estimate of drug-likeness (QED) is 0.0436. The Labute approximate surface area is 597 Å². The molecule has 104 heavy (non-hydrogen) atoms. The predicted molar refractivity (Wildman–Crippen MR) is 399 cm³/mol. The molecule has 20 heteroatoms. The van der Waals surface area contributed by atoms with Crippen LogP contribution >= 0.6 is 0 Å². The van der Waals surface area contributed by atoms with Crippen molar-refractivity contribution in [1.29, 1.82) is 0 Å². The van der Waals surface area contributed by atoms with E-state index in [1.807, 2.05) is 121 Å². The van der Waals surface area contributed by atoms with E-state index in [9.17, 15) is 38.4 Å². The second-order valence-corrected chi connectivity index (χ2v) is 26.6. The minimum Gasteiger partial charge on any atom is -0.354 e. The first-order chi connectivity index (χ1) is 50.7. The van der Waals surface area contributed by atoms with Crippen LogP contribution in [-0.2, 0) is 28.8 Å². The normalized spacial score (nSPS) is 17.7. The molecule has 514 valence electrons. The Morgan fingerprint density at radius 1 is 0.356 bits per heavy atom. The van der Waals surface area contributed by atoms with E-state index in [0.29, 0.717) is 131 Å². The van der Waals surface area contributed by atoms with Crippen molar-refractivity contribution in [3.05, 3.63) is 239 Å². The van der Waals surface area contributed by atoms with Crippen LogP contribution in [0.4, 0.5) is 0 Å². The Morgan fingerprint density at radius 2 is 0.712 bits per heavy atom. The second kappa shape index (κ2) is 29.8. The number of rotatable bonds is 18. The number of carbonyl (C=O) groups is 8. The van der Waals surface area contributed by atoms with E-state index < -0.39 is 0 Å². The van der Waals surface area contributed by atoms with Crippen molar-refractivity contribution in [3.8, 4) is 67.5 Å². The number of fused-ring (bicyclic) bond motifs is 8. The molecule has 2 fully saturated rings. The second-order valence-electron chi connectivity index (χ2n) is 26.6. The average molecular weight is 1380 g/mol. The number of carbonyl (C=O) groups excluding carboxylic acids is 8. The van der Waals surface area contributed by atoms with Crippen LogP contribution in [0.15, 0.2) is 206 Å². The first-order valence-corrected chi connectivity index (χ1v) is 35.0. The van der Waals surface area contributed by atoms with Crippen LogP contribution in [-0.4, -0.2) is 111 Å². The van der Waals surface area contributed by atoms with Gasteiger partial charge in [-0.1, -0.05) is 72.8 Å². The lowest BCUT2D eigenvalue weighted by atomic mass is 9.90. The summed E-state index contributed by atoms with van der Waals surface area (Å²) in [6, 6.07) is 46.4. The third kappa shape index (κ3) is 15.0. The molecule has 0 atom stereocenters. The van der Waals surface area contributed by atoms with Gasteiger partial charge in [-0.3, -0.25) is 48.3 Å². The standard InChI is InChI=1S/C84H70N12O8/c97-59-27-37-75(99)51(45-59)17-39-77(101)87-55-19-23-57(24-20-55)89-83(103)53-41-43-85-73(47-53)61-13-7-15-63(91-61)81-69-33-29-65(93-69)79(49-9-3-1-4-10-49)66-30-34-70(94-66)82(72-36-32-68(96-72)80(50-11-5-2-6-12-50)67-31-35-71(81)95-67)64-16-8-14-62(92-64)74-48-54(42-44-86-74)84(104)90-58-25-21-56(22-26-58)88-78(102)40-18-52-46-60(98)28-38-76(52)100/h1-16,27-38,41-48,55-58,93,96H,17-26,39-40H2,(H,87,101)(H,88,102)(H,89,103)(H,90,104). The van der Waals surface area contributed by atoms with Crippen LogP contribution in [0.1, 0.15) is 121 Å². The average Bonchev–Trinajstić information content (AvgIpc) is 1.61. The Bertz CT molecular complexity index is 5040. The Hall–Kier alpha value is -12.8. The van der Waals surface area contributed by atoms with Crippen molar-refractivity contribution >= 4 is 93.1 Å². The SMILES string of the molecule is O=C1C=CC(=O)C(CCC(=O)NC2CCC(NC(=O)c3ccnc(-c4cccc(-c5c6nc(c(-c7ccccc7)c7ccc([nH]7)c(-c7cccc(-c8cc(C(=O)NC9CCC(NC(=O)CCC%10=CC(=O)C=CC%10=O)CC9)ccn8)n7)c7nc(c(-c8ccccc8)c8ccc5[nH]8)C=C7)C=C6)n4)c3)CC2)=C1. The van der Waals surface area contributed by atoms with Crippen molar-refractivity contribution in [3.63, 3.8) is 0 Å². The van der Waals surface area contributed by atoms with E-state index >= 15 is 0 Å². The maximum atomic E-state index is 14.0.